The molecule has 0 aliphatic rings. The van der Waals surface area contributed by atoms with Crippen LogP contribution in [0.5, 0.6) is 0 Å². The molecule has 0 radical (unpaired) electrons. The number of carbonyl (C=O) groups is 1. The van der Waals surface area contributed by atoms with E-state index in [1.54, 1.807) is 7.05 Å². The molecule has 0 aliphatic carbocycles. The fourth-order valence-electron chi connectivity index (χ4n) is 1.40. The Bertz CT molecular complexity index is 544. The van der Waals surface area contributed by atoms with E-state index < -0.39 is 11.7 Å². The second-order valence-electron chi connectivity index (χ2n) is 3.56. The Morgan fingerprint density at radius 2 is 2.29 bits per heavy atom. The molecule has 3 N–H and O–H groups in total. The number of nitrogens with zero attached hydrogens (tertiary/aromatic N) is 2. The molecule has 17 heavy (non-hydrogen) atoms. The van der Waals surface area contributed by atoms with Crippen molar-refractivity contribution in [1.29, 1.82) is 0 Å². The van der Waals surface area contributed by atoms with Crippen LogP contribution in [-0.4, -0.2) is 15.7 Å². The van der Waals surface area contributed by atoms with E-state index in [0.29, 0.717) is 5.56 Å². The van der Waals surface area contributed by atoms with Gasteiger partial charge in [-0.2, -0.15) is 5.10 Å². The fraction of sp³-hybridized carbons (Fsp3) is 0.0909. The summed E-state index contributed by atoms with van der Waals surface area (Å²) in [5.74, 6) is -1.02. The molecule has 5 nitrogen and oxygen atoms in total. The molecular formula is C11H11FN4O. The van der Waals surface area contributed by atoms with E-state index in [9.17, 15) is 9.18 Å². The number of aryl methyl sites for hydroxylation is 1. The SMILES string of the molecule is Cn1cc(C(=O)Nc2c(N)cccc2F)cn1. The molecule has 6 heteroatoms. The number of nitrogen functional groups attached to an aromatic ring is 1. The van der Waals surface area contributed by atoms with Gasteiger partial charge in [0.2, 0.25) is 0 Å². The van der Waals surface area contributed by atoms with Crippen LogP contribution in [0.4, 0.5) is 15.8 Å². The highest BCUT2D eigenvalue weighted by molar-refractivity contribution is 6.05. The Hall–Kier alpha value is -2.37. The van der Waals surface area contributed by atoms with Crippen molar-refractivity contribution in [1.82, 2.24) is 9.78 Å². The van der Waals surface area contributed by atoms with E-state index in [4.69, 9.17) is 5.73 Å². The number of benzene rings is 1. The third-order valence-electron chi connectivity index (χ3n) is 2.25. The number of hydrogen-bond acceptors (Lipinski definition) is 3. The Morgan fingerprint density at radius 3 is 2.88 bits per heavy atom. The van der Waals surface area contributed by atoms with Crippen molar-refractivity contribution in [3.05, 3.63) is 42.0 Å². The van der Waals surface area contributed by atoms with Crippen LogP contribution in [0.15, 0.2) is 30.6 Å². The molecule has 0 unspecified atom stereocenters. The van der Waals surface area contributed by atoms with Crippen molar-refractivity contribution in [2.75, 3.05) is 11.1 Å². The number of aromatic nitrogens is 2. The first-order valence-corrected chi connectivity index (χ1v) is 4.92. The van der Waals surface area contributed by atoms with E-state index in [1.165, 1.54) is 35.3 Å². The van der Waals surface area contributed by atoms with Gasteiger partial charge in [-0.15, -0.1) is 0 Å². The molecule has 1 heterocycles. The zero-order chi connectivity index (χ0) is 12.4. The van der Waals surface area contributed by atoms with Crippen molar-refractivity contribution in [3.63, 3.8) is 0 Å². The van der Waals surface area contributed by atoms with Gasteiger partial charge in [-0.3, -0.25) is 9.48 Å². The van der Waals surface area contributed by atoms with Gasteiger partial charge in [-0.05, 0) is 12.1 Å². The summed E-state index contributed by atoms with van der Waals surface area (Å²) in [6.45, 7) is 0. The van der Waals surface area contributed by atoms with Gasteiger partial charge in [0, 0.05) is 13.2 Å². The van der Waals surface area contributed by atoms with Crippen LogP contribution in [0, 0.1) is 5.82 Å². The largest absolute Gasteiger partial charge is 0.397 e. The number of halogens is 1. The maximum Gasteiger partial charge on any atom is 0.258 e. The summed E-state index contributed by atoms with van der Waals surface area (Å²) < 4.78 is 14.9. The Labute approximate surface area is 97.0 Å². The summed E-state index contributed by atoms with van der Waals surface area (Å²) >= 11 is 0. The first-order valence-electron chi connectivity index (χ1n) is 4.92. The van der Waals surface area contributed by atoms with E-state index in [1.807, 2.05) is 0 Å². The minimum absolute atomic E-state index is 0.0126. The Balaban J connectivity index is 2.24. The number of amides is 1. The van der Waals surface area contributed by atoms with E-state index in [0.717, 1.165) is 0 Å². The molecule has 0 aliphatic heterocycles. The van der Waals surface area contributed by atoms with Gasteiger partial charge in [-0.1, -0.05) is 6.07 Å². The molecule has 2 aromatic rings. The average Bonchev–Trinajstić information content (AvgIpc) is 2.70. The summed E-state index contributed by atoms with van der Waals surface area (Å²) in [7, 11) is 1.69. The second-order valence-corrected chi connectivity index (χ2v) is 3.56. The Kier molecular flexibility index (Phi) is 2.78. The summed E-state index contributed by atoms with van der Waals surface area (Å²) in [5.41, 5.74) is 6.09. The van der Waals surface area contributed by atoms with Crippen LogP contribution in [0.1, 0.15) is 10.4 Å². The molecule has 0 saturated heterocycles. The topological polar surface area (TPSA) is 72.9 Å². The van der Waals surface area contributed by atoms with E-state index in [2.05, 4.69) is 10.4 Å². The molecule has 0 bridgehead atoms. The lowest BCUT2D eigenvalue weighted by Gasteiger charge is -2.07. The van der Waals surface area contributed by atoms with Crippen molar-refractivity contribution >= 4 is 17.3 Å². The summed E-state index contributed by atoms with van der Waals surface area (Å²) in [4.78, 5) is 11.7. The highest BCUT2D eigenvalue weighted by atomic mass is 19.1. The van der Waals surface area contributed by atoms with Gasteiger partial charge in [0.15, 0.2) is 0 Å². The van der Waals surface area contributed by atoms with Crippen LogP contribution in [-0.2, 0) is 7.05 Å². The fourth-order valence-corrected chi connectivity index (χ4v) is 1.40. The van der Waals surface area contributed by atoms with Gasteiger partial charge in [-0.25, -0.2) is 4.39 Å². The highest BCUT2D eigenvalue weighted by Gasteiger charge is 2.12. The van der Waals surface area contributed by atoms with Crippen LogP contribution >= 0.6 is 0 Å². The maximum absolute atomic E-state index is 13.4. The molecule has 0 fully saturated rings. The first kappa shape index (κ1) is 11.1. The number of nitrogens with one attached hydrogen (secondary N) is 1. The summed E-state index contributed by atoms with van der Waals surface area (Å²) in [6.07, 6.45) is 2.93. The first-order chi connectivity index (χ1) is 8.08. The number of hydrogen-bond donors (Lipinski definition) is 2. The predicted octanol–water partition coefficient (Wildman–Crippen LogP) is 1.39. The van der Waals surface area contributed by atoms with E-state index >= 15 is 0 Å². The minimum atomic E-state index is -0.567. The van der Waals surface area contributed by atoms with Crippen molar-refractivity contribution in [2.45, 2.75) is 0 Å². The van der Waals surface area contributed by atoms with Crippen LogP contribution in [0.3, 0.4) is 0 Å². The van der Waals surface area contributed by atoms with Crippen molar-refractivity contribution in [3.8, 4) is 0 Å². The van der Waals surface area contributed by atoms with Crippen molar-refractivity contribution in [2.24, 2.45) is 7.05 Å². The number of carbonyl (C=O) groups excluding carboxylic acids is 1. The second kappa shape index (κ2) is 4.25. The molecule has 2 rings (SSSR count). The standard InChI is InChI=1S/C11H11FN4O/c1-16-6-7(5-14-16)11(17)15-10-8(12)3-2-4-9(10)13/h2-6H,13H2,1H3,(H,15,17). The smallest absolute Gasteiger partial charge is 0.258 e. The van der Waals surface area contributed by atoms with Gasteiger partial charge < -0.3 is 11.1 Å². The lowest BCUT2D eigenvalue weighted by Crippen LogP contribution is -2.13. The van der Waals surface area contributed by atoms with Gasteiger partial charge in [0.05, 0.1) is 17.4 Å². The third kappa shape index (κ3) is 2.25. The number of anilines is 2. The molecule has 0 saturated carbocycles. The zero-order valence-electron chi connectivity index (χ0n) is 9.14. The predicted molar refractivity (Wildman–Crippen MR) is 62.0 cm³/mol. The molecule has 88 valence electrons. The van der Waals surface area contributed by atoms with Gasteiger partial charge in [0.1, 0.15) is 11.5 Å². The summed E-state index contributed by atoms with van der Waals surface area (Å²) in [6, 6.07) is 4.22. The van der Waals surface area contributed by atoms with E-state index in [-0.39, 0.29) is 11.4 Å². The van der Waals surface area contributed by atoms with Gasteiger partial charge in [0.25, 0.3) is 5.91 Å². The normalized spacial score (nSPS) is 10.2. The molecule has 0 atom stereocenters. The zero-order valence-corrected chi connectivity index (χ0v) is 9.14. The average molecular weight is 234 g/mol. The molecule has 0 spiro atoms. The summed E-state index contributed by atoms with van der Waals surface area (Å²) in [5, 5.41) is 6.27. The Morgan fingerprint density at radius 1 is 1.53 bits per heavy atom. The number of para-hydroxylation sites is 1. The van der Waals surface area contributed by atoms with Gasteiger partial charge >= 0.3 is 0 Å². The van der Waals surface area contributed by atoms with Crippen LogP contribution in [0.25, 0.3) is 0 Å². The highest BCUT2D eigenvalue weighted by Crippen LogP contribution is 2.22. The minimum Gasteiger partial charge on any atom is -0.397 e. The number of nitrogens with two attached hydrogens (primary N) is 1. The van der Waals surface area contributed by atoms with Crippen molar-refractivity contribution < 1.29 is 9.18 Å². The quantitative estimate of drug-likeness (QED) is 0.771. The third-order valence-corrected chi connectivity index (χ3v) is 2.25. The maximum atomic E-state index is 13.4. The lowest BCUT2D eigenvalue weighted by atomic mass is 10.2. The monoisotopic (exact) mass is 234 g/mol. The molecular weight excluding hydrogens is 223 g/mol. The molecule has 1 aromatic heterocycles. The molecule has 1 amide bonds. The van der Waals surface area contributed by atoms with Crippen LogP contribution in [0.2, 0.25) is 0 Å². The van der Waals surface area contributed by atoms with Crippen LogP contribution < -0.4 is 11.1 Å². The molecule has 1 aromatic carbocycles. The lowest BCUT2D eigenvalue weighted by molar-refractivity contribution is 0.102. The number of rotatable bonds is 2.